The third-order valence-corrected chi connectivity index (χ3v) is 7.03. The first-order valence-electron chi connectivity index (χ1n) is 13.9. The van der Waals surface area contributed by atoms with E-state index in [2.05, 4.69) is 10.6 Å². The molecule has 3 N–H and O–H groups in total. The Morgan fingerprint density at radius 2 is 1.70 bits per heavy atom. The van der Waals surface area contributed by atoms with Crippen molar-refractivity contribution in [1.29, 1.82) is 0 Å². The van der Waals surface area contributed by atoms with Gasteiger partial charge >= 0.3 is 5.97 Å². The third-order valence-electron chi connectivity index (χ3n) is 7.03. The number of hydrogen-bond donors (Lipinski definition) is 3. The van der Waals surface area contributed by atoms with Gasteiger partial charge in [0.25, 0.3) is 11.5 Å². The lowest BCUT2D eigenvalue weighted by Gasteiger charge is -2.25. The Labute approximate surface area is 248 Å². The van der Waals surface area contributed by atoms with Crippen molar-refractivity contribution >= 4 is 17.8 Å². The Bertz CT molecular complexity index is 1530. The number of aromatic nitrogens is 1. The minimum Gasteiger partial charge on any atom is -0.481 e. The van der Waals surface area contributed by atoms with Crippen molar-refractivity contribution in [3.05, 3.63) is 92.9 Å². The lowest BCUT2D eigenvalue weighted by Crippen LogP contribution is -2.49. The lowest BCUT2D eigenvalue weighted by molar-refractivity contribution is -0.137. The zero-order chi connectivity index (χ0) is 31.8. The van der Waals surface area contributed by atoms with Crippen molar-refractivity contribution in [2.75, 3.05) is 13.7 Å². The number of methoxy groups -OCH3 is 1. The zero-order valence-electron chi connectivity index (χ0n) is 24.9. The number of pyridine rings is 1. The van der Waals surface area contributed by atoms with Crippen molar-refractivity contribution in [3.8, 4) is 11.1 Å². The number of benzene rings is 2. The predicted molar refractivity (Wildman–Crippen MR) is 158 cm³/mol. The summed E-state index contributed by atoms with van der Waals surface area (Å²) in [6.45, 7) is 7.72. The van der Waals surface area contributed by atoms with Gasteiger partial charge in [0.15, 0.2) is 11.6 Å². The number of carboxylic acid groups (broad SMARTS) is 1. The summed E-state index contributed by atoms with van der Waals surface area (Å²) in [4.78, 5) is 51.3. The fourth-order valence-electron chi connectivity index (χ4n) is 4.98. The SMILES string of the molecule is COCCn1cccc(C(=O)N[C@@H](CC(C)C)C(=O)N[C@@H](CC(=O)O)c2cc(-c3c(C)cccc3C)cc(F)c2F)c1=O. The van der Waals surface area contributed by atoms with Crippen molar-refractivity contribution in [3.63, 3.8) is 0 Å². The van der Waals surface area contributed by atoms with Crippen LogP contribution in [0.1, 0.15) is 59.8 Å². The Morgan fingerprint density at radius 1 is 1.02 bits per heavy atom. The van der Waals surface area contributed by atoms with Gasteiger partial charge in [-0.3, -0.25) is 19.2 Å². The number of hydrogen-bond acceptors (Lipinski definition) is 5. The maximum Gasteiger partial charge on any atom is 0.305 e. The monoisotopic (exact) mass is 597 g/mol. The molecule has 0 saturated carbocycles. The second-order valence-corrected chi connectivity index (χ2v) is 10.9. The Hall–Kier alpha value is -4.38. The molecular formula is C32H37F2N3O6. The van der Waals surface area contributed by atoms with Crippen LogP contribution in [0.5, 0.6) is 0 Å². The van der Waals surface area contributed by atoms with Crippen LogP contribution in [0, 0.1) is 31.4 Å². The van der Waals surface area contributed by atoms with E-state index >= 15 is 4.39 Å². The average Bonchev–Trinajstić information content (AvgIpc) is 2.92. The minimum absolute atomic E-state index is 0.107. The van der Waals surface area contributed by atoms with Gasteiger partial charge in [-0.15, -0.1) is 0 Å². The molecule has 1 heterocycles. The third kappa shape index (κ3) is 8.35. The van der Waals surface area contributed by atoms with Crippen LogP contribution in [0.2, 0.25) is 0 Å². The summed E-state index contributed by atoms with van der Waals surface area (Å²) in [5.74, 6) is -5.55. The van der Waals surface area contributed by atoms with E-state index in [1.807, 2.05) is 45.9 Å². The summed E-state index contributed by atoms with van der Waals surface area (Å²) in [6.07, 6.45) is 0.887. The molecule has 0 unspecified atom stereocenters. The van der Waals surface area contributed by atoms with Gasteiger partial charge in [-0.05, 0) is 72.7 Å². The van der Waals surface area contributed by atoms with Crippen LogP contribution >= 0.6 is 0 Å². The van der Waals surface area contributed by atoms with E-state index < -0.39 is 53.5 Å². The standard InChI is InChI=1S/C32H37F2N3O6/c1-18(2)14-26(36-30(40)22-10-7-11-37(32(22)42)12-13-43-5)31(41)35-25(17-27(38)39)23-15-21(16-24(33)29(23)34)28-19(3)8-6-9-20(28)4/h6-11,15-16,18,25-26H,12-14,17H2,1-5H3,(H,35,41)(H,36,40)(H,38,39)/t25-,26-/m0/s1. The second-order valence-electron chi connectivity index (χ2n) is 10.9. The molecule has 1 aromatic heterocycles. The van der Waals surface area contributed by atoms with E-state index in [1.54, 1.807) is 0 Å². The van der Waals surface area contributed by atoms with Crippen LogP contribution in [0.25, 0.3) is 11.1 Å². The Balaban J connectivity index is 1.97. The van der Waals surface area contributed by atoms with Gasteiger partial charge in [0.05, 0.1) is 19.1 Å². The van der Waals surface area contributed by atoms with Gasteiger partial charge in [-0.1, -0.05) is 32.0 Å². The second kappa shape index (κ2) is 14.7. The number of ether oxygens (including phenoxy) is 1. The number of nitrogens with zero attached hydrogens (tertiary/aromatic N) is 1. The topological polar surface area (TPSA) is 127 Å². The van der Waals surface area contributed by atoms with Crippen LogP contribution < -0.4 is 16.2 Å². The molecule has 11 heteroatoms. The van der Waals surface area contributed by atoms with E-state index in [0.717, 1.165) is 17.2 Å². The quantitative estimate of drug-likeness (QED) is 0.266. The van der Waals surface area contributed by atoms with Crippen LogP contribution in [0.15, 0.2) is 53.5 Å². The average molecular weight is 598 g/mol. The van der Waals surface area contributed by atoms with Crippen molar-refractivity contribution in [2.24, 2.45) is 5.92 Å². The van der Waals surface area contributed by atoms with Crippen molar-refractivity contribution in [1.82, 2.24) is 15.2 Å². The molecule has 3 rings (SSSR count). The summed E-state index contributed by atoms with van der Waals surface area (Å²) in [5.41, 5.74) is 1.48. The molecule has 43 heavy (non-hydrogen) atoms. The van der Waals surface area contributed by atoms with Crippen molar-refractivity contribution in [2.45, 2.75) is 59.2 Å². The van der Waals surface area contributed by atoms with Crippen LogP contribution in [-0.4, -0.2) is 47.2 Å². The molecule has 0 aliphatic heterocycles. The lowest BCUT2D eigenvalue weighted by atomic mass is 9.92. The highest BCUT2D eigenvalue weighted by atomic mass is 19.2. The van der Waals surface area contributed by atoms with Crippen molar-refractivity contribution < 1.29 is 33.0 Å². The molecule has 0 aliphatic rings. The molecule has 230 valence electrons. The number of aryl methyl sites for hydroxylation is 2. The Morgan fingerprint density at radius 3 is 2.30 bits per heavy atom. The number of carbonyl (C=O) groups excluding carboxylic acids is 2. The maximum atomic E-state index is 15.2. The number of rotatable bonds is 13. The van der Waals surface area contributed by atoms with Gasteiger partial charge in [0.2, 0.25) is 5.91 Å². The molecule has 3 aromatic rings. The van der Waals surface area contributed by atoms with E-state index in [9.17, 15) is 28.7 Å². The number of aliphatic carboxylic acids is 1. The first-order valence-corrected chi connectivity index (χ1v) is 13.9. The van der Waals surface area contributed by atoms with Gasteiger partial charge in [0.1, 0.15) is 11.6 Å². The highest BCUT2D eigenvalue weighted by Crippen LogP contribution is 2.33. The fourth-order valence-corrected chi connectivity index (χ4v) is 4.98. The molecule has 0 aliphatic carbocycles. The van der Waals surface area contributed by atoms with Gasteiger partial charge in [-0.25, -0.2) is 8.78 Å². The molecule has 0 bridgehead atoms. The van der Waals surface area contributed by atoms with Crippen LogP contribution in [-0.2, 0) is 20.9 Å². The summed E-state index contributed by atoms with van der Waals surface area (Å²) in [6, 6.07) is 8.03. The van der Waals surface area contributed by atoms with E-state index in [0.29, 0.717) is 11.1 Å². The molecular weight excluding hydrogens is 560 g/mol. The number of amides is 2. The molecule has 0 saturated heterocycles. The Kier molecular flexibility index (Phi) is 11.3. The number of nitrogens with one attached hydrogen (secondary N) is 2. The normalized spacial score (nSPS) is 12.6. The largest absolute Gasteiger partial charge is 0.481 e. The van der Waals surface area contributed by atoms with E-state index in [1.165, 1.54) is 36.1 Å². The summed E-state index contributed by atoms with van der Waals surface area (Å²) in [7, 11) is 1.48. The number of carbonyl (C=O) groups is 3. The van der Waals surface area contributed by atoms with Gasteiger partial charge < -0.3 is 25.0 Å². The molecule has 2 amide bonds. The highest BCUT2D eigenvalue weighted by Gasteiger charge is 2.30. The minimum atomic E-state index is -1.46. The highest BCUT2D eigenvalue weighted by molar-refractivity contribution is 5.97. The number of halogens is 2. The summed E-state index contributed by atoms with van der Waals surface area (Å²) in [5, 5.41) is 14.7. The molecule has 2 atom stereocenters. The maximum absolute atomic E-state index is 15.2. The predicted octanol–water partition coefficient (Wildman–Crippen LogP) is 4.53. The molecule has 0 fully saturated rings. The van der Waals surface area contributed by atoms with Crippen LogP contribution in [0.3, 0.4) is 0 Å². The first kappa shape index (κ1) is 33.1. The summed E-state index contributed by atoms with van der Waals surface area (Å²) < 4.78 is 36.5. The molecule has 0 spiro atoms. The van der Waals surface area contributed by atoms with E-state index in [-0.39, 0.29) is 36.6 Å². The molecule has 0 radical (unpaired) electrons. The fraction of sp³-hybridized carbons (Fsp3) is 0.375. The number of carboxylic acids is 1. The summed E-state index contributed by atoms with van der Waals surface area (Å²) >= 11 is 0. The smallest absolute Gasteiger partial charge is 0.305 e. The zero-order valence-corrected chi connectivity index (χ0v) is 24.9. The van der Waals surface area contributed by atoms with Crippen LogP contribution in [0.4, 0.5) is 8.78 Å². The van der Waals surface area contributed by atoms with E-state index in [4.69, 9.17) is 4.74 Å². The van der Waals surface area contributed by atoms with Gasteiger partial charge in [-0.2, -0.15) is 0 Å². The molecule has 2 aromatic carbocycles. The van der Waals surface area contributed by atoms with Gasteiger partial charge in [0, 0.05) is 25.4 Å². The molecule has 9 nitrogen and oxygen atoms in total. The first-order chi connectivity index (χ1) is 20.3.